The number of hydrogen-bond donors (Lipinski definition) is 2. The number of amides is 1. The number of fused-ring (bicyclic) bond motifs is 2. The van der Waals surface area contributed by atoms with Crippen LogP contribution in [-0.4, -0.2) is 11.0 Å². The van der Waals surface area contributed by atoms with E-state index >= 15 is 0 Å². The molecule has 0 aliphatic heterocycles. The average Bonchev–Trinajstić information content (AvgIpc) is 2.70. The highest BCUT2D eigenvalue weighted by Crippen LogP contribution is 2.46. The molecule has 3 N–H and O–H groups in total. The minimum atomic E-state index is -0.693. The summed E-state index contributed by atoms with van der Waals surface area (Å²) >= 11 is 0. The van der Waals surface area contributed by atoms with Crippen LogP contribution in [0.2, 0.25) is 0 Å². The van der Waals surface area contributed by atoms with E-state index in [0.29, 0.717) is 5.56 Å². The molecule has 150 valence electrons. The normalized spacial score (nSPS) is 18.2. The minimum absolute atomic E-state index is 0.106. The van der Waals surface area contributed by atoms with Gasteiger partial charge in [0.15, 0.2) is 0 Å². The lowest BCUT2D eigenvalue weighted by Gasteiger charge is -2.42. The first-order valence-electron chi connectivity index (χ1n) is 10.2. The topological polar surface area (TPSA) is 63.3 Å². The number of hydrogen-bond acceptors (Lipinski definition) is 2. The molecule has 0 heterocycles. The molecule has 3 nitrogen and oxygen atoms in total. The first-order valence-corrected chi connectivity index (χ1v) is 10.2. The van der Waals surface area contributed by atoms with Crippen LogP contribution >= 0.6 is 0 Å². The maximum Gasteiger partial charge on any atom is 0.248 e. The highest BCUT2D eigenvalue weighted by Gasteiger charge is 2.37. The van der Waals surface area contributed by atoms with Crippen LogP contribution in [0.1, 0.15) is 79.3 Å². The number of aliphatic hydroxyl groups is 1. The van der Waals surface area contributed by atoms with E-state index in [4.69, 9.17) is 5.73 Å². The quantitative estimate of drug-likeness (QED) is 0.635. The van der Waals surface area contributed by atoms with Gasteiger partial charge in [0.2, 0.25) is 5.91 Å². The predicted molar refractivity (Wildman–Crippen MR) is 118 cm³/mol. The van der Waals surface area contributed by atoms with Crippen molar-refractivity contribution in [3.8, 4) is 0 Å². The molecule has 29 heavy (non-hydrogen) atoms. The summed E-state index contributed by atoms with van der Waals surface area (Å²) in [5.74, 6) is -0.435. The molecule has 1 aliphatic rings. The van der Waals surface area contributed by atoms with Crippen molar-refractivity contribution in [1.82, 2.24) is 0 Å². The van der Waals surface area contributed by atoms with E-state index in [-0.39, 0.29) is 10.8 Å². The van der Waals surface area contributed by atoms with Crippen molar-refractivity contribution < 1.29 is 9.90 Å². The van der Waals surface area contributed by atoms with Gasteiger partial charge in [0, 0.05) is 5.56 Å². The maximum absolute atomic E-state index is 11.4. The Hall–Kier alpha value is -2.65. The minimum Gasteiger partial charge on any atom is -0.384 e. The van der Waals surface area contributed by atoms with Crippen molar-refractivity contribution in [2.75, 3.05) is 0 Å². The zero-order valence-electron chi connectivity index (χ0n) is 17.6. The fourth-order valence-electron chi connectivity index (χ4n) is 4.56. The van der Waals surface area contributed by atoms with E-state index in [1.807, 2.05) is 24.3 Å². The van der Waals surface area contributed by atoms with Crippen molar-refractivity contribution >= 4 is 16.7 Å². The van der Waals surface area contributed by atoms with Gasteiger partial charge in [0.05, 0.1) is 0 Å². The van der Waals surface area contributed by atoms with E-state index in [1.54, 1.807) is 12.1 Å². The Bertz CT molecular complexity index is 1110. The predicted octanol–water partition coefficient (Wildman–Crippen LogP) is 5.37. The molecule has 3 aromatic rings. The molecule has 1 aliphatic carbocycles. The van der Waals surface area contributed by atoms with Crippen LogP contribution in [0.25, 0.3) is 10.8 Å². The number of carbonyl (C=O) groups excluding carboxylic acids is 1. The van der Waals surface area contributed by atoms with Crippen molar-refractivity contribution in [2.24, 2.45) is 5.73 Å². The first kappa shape index (κ1) is 19.7. The van der Waals surface area contributed by atoms with E-state index in [9.17, 15) is 9.90 Å². The van der Waals surface area contributed by atoms with Crippen LogP contribution in [0.4, 0.5) is 0 Å². The highest BCUT2D eigenvalue weighted by molar-refractivity contribution is 5.97. The Morgan fingerprint density at radius 3 is 2.07 bits per heavy atom. The molecule has 1 atom stereocenters. The molecule has 0 spiro atoms. The molecule has 0 aromatic heterocycles. The summed E-state index contributed by atoms with van der Waals surface area (Å²) in [4.78, 5) is 11.4. The van der Waals surface area contributed by atoms with Crippen LogP contribution in [0.15, 0.2) is 54.6 Å². The number of carbonyl (C=O) groups is 1. The number of primary amides is 1. The summed E-state index contributed by atoms with van der Waals surface area (Å²) in [5, 5.41) is 13.0. The third kappa shape index (κ3) is 3.44. The Morgan fingerprint density at radius 2 is 1.38 bits per heavy atom. The van der Waals surface area contributed by atoms with Crippen LogP contribution < -0.4 is 5.73 Å². The Balaban J connectivity index is 1.74. The molecular weight excluding hydrogens is 358 g/mol. The molecule has 4 rings (SSSR count). The Kier molecular flexibility index (Phi) is 4.54. The van der Waals surface area contributed by atoms with Gasteiger partial charge in [-0.1, -0.05) is 64.1 Å². The second-order valence-corrected chi connectivity index (χ2v) is 9.66. The van der Waals surface area contributed by atoms with Gasteiger partial charge in [-0.15, -0.1) is 0 Å². The molecule has 3 heteroatoms. The SMILES string of the molecule is CC1(C)CCC(C)(C)c2cc(C(O)c3ccc4cc(C(N)=O)ccc4c3)ccc21. The number of benzene rings is 3. The van der Waals surface area contributed by atoms with Gasteiger partial charge in [0.25, 0.3) is 0 Å². The maximum atomic E-state index is 11.4. The summed E-state index contributed by atoms with van der Waals surface area (Å²) in [6, 6.07) is 17.7. The van der Waals surface area contributed by atoms with Gasteiger partial charge in [-0.2, -0.15) is 0 Å². The molecule has 1 unspecified atom stereocenters. The molecule has 0 fully saturated rings. The van der Waals surface area contributed by atoms with Crippen LogP contribution in [-0.2, 0) is 10.8 Å². The van der Waals surface area contributed by atoms with Crippen molar-refractivity contribution in [2.45, 2.75) is 57.5 Å². The fourth-order valence-corrected chi connectivity index (χ4v) is 4.56. The zero-order valence-corrected chi connectivity index (χ0v) is 17.6. The van der Waals surface area contributed by atoms with Crippen LogP contribution in [0, 0.1) is 0 Å². The largest absolute Gasteiger partial charge is 0.384 e. The average molecular weight is 388 g/mol. The summed E-state index contributed by atoms with van der Waals surface area (Å²) in [6.07, 6.45) is 1.62. The van der Waals surface area contributed by atoms with Gasteiger partial charge >= 0.3 is 0 Å². The first-order chi connectivity index (χ1) is 13.6. The summed E-state index contributed by atoms with van der Waals surface area (Å²) in [7, 11) is 0. The van der Waals surface area contributed by atoms with Crippen molar-refractivity contribution in [1.29, 1.82) is 0 Å². The highest BCUT2D eigenvalue weighted by atomic mass is 16.3. The molecule has 0 bridgehead atoms. The van der Waals surface area contributed by atoms with Crippen molar-refractivity contribution in [3.63, 3.8) is 0 Å². The lowest BCUT2D eigenvalue weighted by Crippen LogP contribution is -2.34. The third-order valence-corrected chi connectivity index (χ3v) is 6.66. The van der Waals surface area contributed by atoms with Gasteiger partial charge in [-0.25, -0.2) is 0 Å². The van der Waals surface area contributed by atoms with E-state index in [1.165, 1.54) is 17.5 Å². The molecule has 1 amide bonds. The lowest BCUT2D eigenvalue weighted by atomic mass is 9.63. The molecule has 0 saturated heterocycles. The van der Waals surface area contributed by atoms with Crippen LogP contribution in [0.5, 0.6) is 0 Å². The second-order valence-electron chi connectivity index (χ2n) is 9.66. The van der Waals surface area contributed by atoms with Crippen molar-refractivity contribution in [3.05, 3.63) is 82.4 Å². The van der Waals surface area contributed by atoms with E-state index in [2.05, 4.69) is 45.9 Å². The number of rotatable bonds is 3. The summed E-state index contributed by atoms with van der Waals surface area (Å²) < 4.78 is 0. The van der Waals surface area contributed by atoms with Gasteiger partial charge in [-0.3, -0.25) is 4.79 Å². The lowest BCUT2D eigenvalue weighted by molar-refractivity contribution is 0.100. The standard InChI is InChI=1S/C26H29NO2/c1-25(2)11-12-26(3,4)22-15-19(9-10-21(22)25)23(28)18-7-5-17-14-20(24(27)29)8-6-16(17)13-18/h5-10,13-15,23,28H,11-12H2,1-4H3,(H2,27,29). The monoisotopic (exact) mass is 387 g/mol. The summed E-state index contributed by atoms with van der Waals surface area (Å²) in [5.41, 5.74) is 10.6. The molecule has 3 aromatic carbocycles. The molecule has 0 saturated carbocycles. The Morgan fingerprint density at radius 1 is 0.828 bits per heavy atom. The van der Waals surface area contributed by atoms with Gasteiger partial charge < -0.3 is 10.8 Å². The van der Waals surface area contributed by atoms with E-state index < -0.39 is 12.0 Å². The second kappa shape index (κ2) is 6.70. The molecule has 0 radical (unpaired) electrons. The fraction of sp³-hybridized carbons (Fsp3) is 0.346. The van der Waals surface area contributed by atoms with E-state index in [0.717, 1.165) is 28.3 Å². The number of nitrogens with two attached hydrogens (primary N) is 1. The van der Waals surface area contributed by atoms with Gasteiger partial charge in [-0.05, 0) is 74.9 Å². The molecular formula is C26H29NO2. The van der Waals surface area contributed by atoms with Crippen LogP contribution in [0.3, 0.4) is 0 Å². The van der Waals surface area contributed by atoms with Gasteiger partial charge in [0.1, 0.15) is 6.10 Å². The summed E-state index contributed by atoms with van der Waals surface area (Å²) in [6.45, 7) is 9.20. The smallest absolute Gasteiger partial charge is 0.248 e. The zero-order chi connectivity index (χ0) is 21.0. The number of aliphatic hydroxyl groups excluding tert-OH is 1. The Labute approximate surface area is 172 Å². The third-order valence-electron chi connectivity index (χ3n) is 6.66.